The van der Waals surface area contributed by atoms with Crippen molar-refractivity contribution in [3.05, 3.63) is 35.4 Å². The average molecular weight is 370 g/mol. The maximum atomic E-state index is 13.0. The topological polar surface area (TPSA) is 64.4 Å². The first kappa shape index (κ1) is 19.2. The van der Waals surface area contributed by atoms with Crippen LogP contribution in [-0.2, 0) is 21.1 Å². The second-order valence-electron chi connectivity index (χ2n) is 7.41. The lowest BCUT2D eigenvalue weighted by Crippen LogP contribution is -2.52. The molecule has 1 aromatic carbocycles. The standard InChI is InChI=1S/C19H25F3N2O2/c20-19(21,22)15-4-1-3-14(11-15)18(7-2-8-18)12-24-17(25)16(23)13-5-9-26-10-6-13/h1,3-4,11,13,16H,2,5-10,12,23H2,(H,24,25). The lowest BCUT2D eigenvalue weighted by Gasteiger charge is -2.43. The van der Waals surface area contributed by atoms with Gasteiger partial charge in [0.15, 0.2) is 0 Å². The summed E-state index contributed by atoms with van der Waals surface area (Å²) < 4.78 is 44.3. The Kier molecular flexibility index (Phi) is 5.58. The molecule has 1 aliphatic carbocycles. The third kappa shape index (κ3) is 4.04. The molecule has 2 aliphatic rings. The van der Waals surface area contributed by atoms with Gasteiger partial charge in [0.05, 0.1) is 11.6 Å². The van der Waals surface area contributed by atoms with E-state index in [1.165, 1.54) is 12.1 Å². The lowest BCUT2D eigenvalue weighted by atomic mass is 9.64. The van der Waals surface area contributed by atoms with E-state index in [4.69, 9.17) is 10.5 Å². The summed E-state index contributed by atoms with van der Waals surface area (Å²) in [6.07, 6.45) is -0.378. The summed E-state index contributed by atoms with van der Waals surface area (Å²) in [5.41, 5.74) is 5.65. The number of hydrogen-bond acceptors (Lipinski definition) is 3. The van der Waals surface area contributed by atoms with Crippen LogP contribution in [0.15, 0.2) is 24.3 Å². The molecule has 1 aliphatic heterocycles. The molecule has 0 radical (unpaired) electrons. The van der Waals surface area contributed by atoms with Crippen molar-refractivity contribution in [2.45, 2.75) is 49.7 Å². The summed E-state index contributed by atoms with van der Waals surface area (Å²) in [5.74, 6) is -0.134. The highest BCUT2D eigenvalue weighted by molar-refractivity contribution is 5.82. The first-order valence-corrected chi connectivity index (χ1v) is 9.11. The Morgan fingerprint density at radius 3 is 2.58 bits per heavy atom. The molecule has 144 valence electrons. The van der Waals surface area contributed by atoms with E-state index in [0.29, 0.717) is 25.3 Å². The van der Waals surface area contributed by atoms with Crippen molar-refractivity contribution >= 4 is 5.91 Å². The molecule has 0 spiro atoms. The van der Waals surface area contributed by atoms with Crippen LogP contribution in [0.2, 0.25) is 0 Å². The number of hydrogen-bond donors (Lipinski definition) is 2. The number of amides is 1. The van der Waals surface area contributed by atoms with E-state index in [1.807, 2.05) is 0 Å². The first-order valence-electron chi connectivity index (χ1n) is 9.11. The minimum Gasteiger partial charge on any atom is -0.381 e. The normalized spacial score (nSPS) is 21.7. The largest absolute Gasteiger partial charge is 0.416 e. The predicted molar refractivity (Wildman–Crippen MR) is 91.5 cm³/mol. The smallest absolute Gasteiger partial charge is 0.381 e. The van der Waals surface area contributed by atoms with E-state index in [2.05, 4.69) is 5.32 Å². The Labute approximate surface area is 151 Å². The van der Waals surface area contributed by atoms with Gasteiger partial charge in [-0.25, -0.2) is 0 Å². The van der Waals surface area contributed by atoms with Gasteiger partial charge in [-0.15, -0.1) is 0 Å². The minimum absolute atomic E-state index is 0.0923. The van der Waals surface area contributed by atoms with E-state index in [-0.39, 0.29) is 11.8 Å². The number of nitrogens with one attached hydrogen (secondary N) is 1. The zero-order chi connectivity index (χ0) is 18.8. The third-order valence-electron chi connectivity index (χ3n) is 5.79. The van der Waals surface area contributed by atoms with Crippen molar-refractivity contribution in [2.24, 2.45) is 11.7 Å². The molecule has 26 heavy (non-hydrogen) atoms. The first-order chi connectivity index (χ1) is 12.3. The highest BCUT2D eigenvalue weighted by Gasteiger charge is 2.41. The molecule has 1 aromatic rings. The van der Waals surface area contributed by atoms with E-state index in [9.17, 15) is 18.0 Å². The zero-order valence-electron chi connectivity index (χ0n) is 14.6. The summed E-state index contributed by atoms with van der Waals surface area (Å²) in [5, 5.41) is 2.89. The second kappa shape index (κ2) is 7.56. The fraction of sp³-hybridized carbons (Fsp3) is 0.632. The van der Waals surface area contributed by atoms with E-state index >= 15 is 0 Å². The van der Waals surface area contributed by atoms with Crippen LogP contribution in [0.3, 0.4) is 0 Å². The molecule has 3 rings (SSSR count). The summed E-state index contributed by atoms with van der Waals surface area (Å²) >= 11 is 0. The van der Waals surface area contributed by atoms with Gasteiger partial charge in [0.2, 0.25) is 5.91 Å². The number of rotatable bonds is 5. The Hall–Kier alpha value is -1.60. The van der Waals surface area contributed by atoms with Crippen LogP contribution in [0.1, 0.15) is 43.2 Å². The van der Waals surface area contributed by atoms with Gasteiger partial charge in [-0.3, -0.25) is 4.79 Å². The van der Waals surface area contributed by atoms with Crippen molar-refractivity contribution in [1.29, 1.82) is 0 Å². The van der Waals surface area contributed by atoms with Crippen molar-refractivity contribution < 1.29 is 22.7 Å². The van der Waals surface area contributed by atoms with Gasteiger partial charge < -0.3 is 15.8 Å². The van der Waals surface area contributed by atoms with Gasteiger partial charge in [-0.1, -0.05) is 24.6 Å². The molecule has 1 unspecified atom stereocenters. The Morgan fingerprint density at radius 2 is 2.00 bits per heavy atom. The average Bonchev–Trinajstić information content (AvgIpc) is 2.60. The highest BCUT2D eigenvalue weighted by atomic mass is 19.4. The molecule has 1 atom stereocenters. The summed E-state index contributed by atoms with van der Waals surface area (Å²) in [6.45, 7) is 1.55. The van der Waals surface area contributed by atoms with E-state index < -0.39 is 23.2 Å². The van der Waals surface area contributed by atoms with Gasteiger partial charge in [0.25, 0.3) is 0 Å². The minimum atomic E-state index is -4.37. The van der Waals surface area contributed by atoms with Crippen molar-refractivity contribution in [3.63, 3.8) is 0 Å². The monoisotopic (exact) mass is 370 g/mol. The number of nitrogens with two attached hydrogens (primary N) is 1. The number of benzene rings is 1. The molecule has 1 saturated heterocycles. The molecule has 2 fully saturated rings. The molecule has 0 aromatic heterocycles. The Morgan fingerprint density at radius 1 is 1.31 bits per heavy atom. The van der Waals surface area contributed by atoms with Crippen molar-refractivity contribution in [2.75, 3.05) is 19.8 Å². The van der Waals surface area contributed by atoms with Gasteiger partial charge in [0, 0.05) is 25.2 Å². The van der Waals surface area contributed by atoms with Crippen LogP contribution in [0.4, 0.5) is 13.2 Å². The molecule has 3 N–H and O–H groups in total. The van der Waals surface area contributed by atoms with Crippen LogP contribution < -0.4 is 11.1 Å². The number of halogens is 3. The molecule has 1 saturated carbocycles. The van der Waals surface area contributed by atoms with Crippen LogP contribution in [0.5, 0.6) is 0 Å². The third-order valence-corrected chi connectivity index (χ3v) is 5.79. The van der Waals surface area contributed by atoms with Gasteiger partial charge in [-0.2, -0.15) is 13.2 Å². The Bertz CT molecular complexity index is 638. The zero-order valence-corrected chi connectivity index (χ0v) is 14.6. The van der Waals surface area contributed by atoms with Gasteiger partial charge in [-0.05, 0) is 43.2 Å². The van der Waals surface area contributed by atoms with Crippen LogP contribution in [-0.4, -0.2) is 31.7 Å². The molecule has 0 bridgehead atoms. The van der Waals surface area contributed by atoms with Crippen LogP contribution >= 0.6 is 0 Å². The summed E-state index contributed by atoms with van der Waals surface area (Å²) in [6, 6.07) is 4.85. The van der Waals surface area contributed by atoms with Gasteiger partial charge in [0.1, 0.15) is 0 Å². The van der Waals surface area contributed by atoms with E-state index in [0.717, 1.165) is 38.2 Å². The molecular formula is C19H25F3N2O2. The maximum absolute atomic E-state index is 13.0. The van der Waals surface area contributed by atoms with Gasteiger partial charge >= 0.3 is 6.18 Å². The second-order valence-corrected chi connectivity index (χ2v) is 7.41. The molecule has 1 amide bonds. The lowest BCUT2D eigenvalue weighted by molar-refractivity contribution is -0.137. The molecule has 1 heterocycles. The fourth-order valence-electron chi connectivity index (χ4n) is 3.86. The quantitative estimate of drug-likeness (QED) is 0.838. The number of carbonyl (C=O) groups excluding carboxylic acids is 1. The van der Waals surface area contributed by atoms with Crippen LogP contribution in [0.25, 0.3) is 0 Å². The van der Waals surface area contributed by atoms with E-state index in [1.54, 1.807) is 6.07 Å². The fourth-order valence-corrected chi connectivity index (χ4v) is 3.86. The SMILES string of the molecule is NC(C(=O)NCC1(c2cccc(C(F)(F)F)c2)CCC1)C1CCOCC1. The Balaban J connectivity index is 1.66. The molecule has 7 heteroatoms. The van der Waals surface area contributed by atoms with Crippen LogP contribution in [0, 0.1) is 5.92 Å². The molecular weight excluding hydrogens is 345 g/mol. The van der Waals surface area contributed by atoms with Crippen molar-refractivity contribution in [3.8, 4) is 0 Å². The molecule has 4 nitrogen and oxygen atoms in total. The number of alkyl halides is 3. The number of carbonyl (C=O) groups is 1. The highest BCUT2D eigenvalue weighted by Crippen LogP contribution is 2.44. The number of ether oxygens (including phenoxy) is 1. The summed E-state index contributed by atoms with van der Waals surface area (Å²) in [7, 11) is 0. The summed E-state index contributed by atoms with van der Waals surface area (Å²) in [4.78, 5) is 12.4. The predicted octanol–water partition coefficient (Wildman–Crippen LogP) is 3.00. The maximum Gasteiger partial charge on any atom is 0.416 e. The van der Waals surface area contributed by atoms with Crippen molar-refractivity contribution in [1.82, 2.24) is 5.32 Å².